The molecule has 3 nitrogen and oxygen atoms in total. The molecule has 0 radical (unpaired) electrons. The molecule has 0 unspecified atom stereocenters. The van der Waals surface area contributed by atoms with Crippen molar-refractivity contribution < 1.29 is 0 Å². The summed E-state index contributed by atoms with van der Waals surface area (Å²) in [6.07, 6.45) is 6.63. The number of nitrogens with zero attached hydrogens (tertiary/aromatic N) is 2. The number of pyridine rings is 1. The van der Waals surface area contributed by atoms with Gasteiger partial charge in [-0.1, -0.05) is 0 Å². The average molecular weight is 205 g/mol. The second-order valence-corrected chi connectivity index (χ2v) is 4.36. The van der Waals surface area contributed by atoms with Crippen LogP contribution in [-0.2, 0) is 6.54 Å². The first-order valence-corrected chi connectivity index (χ1v) is 5.60. The third kappa shape index (κ3) is 2.69. The summed E-state index contributed by atoms with van der Waals surface area (Å²) in [7, 11) is 4.14. The van der Waals surface area contributed by atoms with Crippen molar-refractivity contribution >= 4 is 5.69 Å². The highest BCUT2D eigenvalue weighted by Gasteiger charge is 2.23. The van der Waals surface area contributed by atoms with Gasteiger partial charge in [0.2, 0.25) is 0 Å². The molecule has 3 heteroatoms. The van der Waals surface area contributed by atoms with Crippen LogP contribution in [0.4, 0.5) is 5.69 Å². The maximum Gasteiger partial charge on any atom is 0.0440 e. The van der Waals surface area contributed by atoms with Crippen molar-refractivity contribution in [3.05, 3.63) is 24.0 Å². The lowest BCUT2D eigenvalue weighted by Crippen LogP contribution is -2.22. The Morgan fingerprint density at radius 3 is 3.00 bits per heavy atom. The van der Waals surface area contributed by atoms with Crippen LogP contribution in [0, 0.1) is 5.92 Å². The van der Waals surface area contributed by atoms with E-state index in [2.05, 4.69) is 28.3 Å². The highest BCUT2D eigenvalue weighted by atomic mass is 15.1. The second kappa shape index (κ2) is 4.62. The van der Waals surface area contributed by atoms with Crippen molar-refractivity contribution in [1.29, 1.82) is 0 Å². The molecular formula is C12H19N3. The third-order valence-electron chi connectivity index (χ3n) is 2.89. The number of nitrogens with one attached hydrogen (secondary N) is 1. The Hall–Kier alpha value is -1.09. The molecule has 0 aromatic carbocycles. The van der Waals surface area contributed by atoms with Crippen LogP contribution in [0.5, 0.6) is 0 Å². The number of aromatic nitrogens is 1. The highest BCUT2D eigenvalue weighted by molar-refractivity contribution is 5.51. The van der Waals surface area contributed by atoms with E-state index >= 15 is 0 Å². The van der Waals surface area contributed by atoms with Gasteiger partial charge in [0.15, 0.2) is 0 Å². The molecule has 1 aliphatic carbocycles. The fourth-order valence-electron chi connectivity index (χ4n) is 1.90. The van der Waals surface area contributed by atoms with Crippen LogP contribution in [-0.4, -0.2) is 25.6 Å². The average Bonchev–Trinajstić information content (AvgIpc) is 3.03. The summed E-state index contributed by atoms with van der Waals surface area (Å²) in [6, 6.07) is 2.11. The van der Waals surface area contributed by atoms with E-state index in [9.17, 15) is 0 Å². The Bertz CT molecular complexity index is 320. The monoisotopic (exact) mass is 205 g/mol. The first kappa shape index (κ1) is 10.4. The predicted octanol–water partition coefficient (Wildman–Crippen LogP) is 1.65. The maximum atomic E-state index is 4.17. The quantitative estimate of drug-likeness (QED) is 0.792. The van der Waals surface area contributed by atoms with Crippen LogP contribution in [0.3, 0.4) is 0 Å². The lowest BCUT2D eigenvalue weighted by Gasteiger charge is -2.21. The topological polar surface area (TPSA) is 28.2 Å². The Kier molecular flexibility index (Phi) is 3.21. The second-order valence-electron chi connectivity index (χ2n) is 4.36. The third-order valence-corrected chi connectivity index (χ3v) is 2.89. The van der Waals surface area contributed by atoms with Gasteiger partial charge in [0.25, 0.3) is 0 Å². The van der Waals surface area contributed by atoms with Crippen LogP contribution in [0.2, 0.25) is 0 Å². The van der Waals surface area contributed by atoms with Crippen molar-refractivity contribution in [2.75, 3.05) is 25.5 Å². The van der Waals surface area contributed by atoms with Gasteiger partial charge in [-0.3, -0.25) is 4.98 Å². The summed E-state index contributed by atoms with van der Waals surface area (Å²) >= 11 is 0. The molecular weight excluding hydrogens is 186 g/mol. The zero-order valence-corrected chi connectivity index (χ0v) is 9.53. The predicted molar refractivity (Wildman–Crippen MR) is 63.0 cm³/mol. The molecule has 0 spiro atoms. The summed E-state index contributed by atoms with van der Waals surface area (Å²) in [5.74, 6) is 0.922. The van der Waals surface area contributed by atoms with E-state index in [-0.39, 0.29) is 0 Å². The Morgan fingerprint density at radius 1 is 1.53 bits per heavy atom. The minimum absolute atomic E-state index is 0.887. The SMILES string of the molecule is CNCc1cnccc1N(C)CC1CC1. The van der Waals surface area contributed by atoms with Crippen molar-refractivity contribution in [3.63, 3.8) is 0 Å². The van der Waals surface area contributed by atoms with Crippen LogP contribution < -0.4 is 10.2 Å². The summed E-state index contributed by atoms with van der Waals surface area (Å²) in [5, 5.41) is 3.18. The lowest BCUT2D eigenvalue weighted by atomic mass is 10.2. The summed E-state index contributed by atoms with van der Waals surface area (Å²) < 4.78 is 0. The van der Waals surface area contributed by atoms with Gasteiger partial charge in [-0.05, 0) is 31.9 Å². The minimum atomic E-state index is 0.887. The smallest absolute Gasteiger partial charge is 0.0440 e. The largest absolute Gasteiger partial charge is 0.374 e. The molecule has 0 amide bonds. The zero-order chi connectivity index (χ0) is 10.7. The van der Waals surface area contributed by atoms with E-state index in [0.29, 0.717) is 0 Å². The maximum absolute atomic E-state index is 4.17. The fourth-order valence-corrected chi connectivity index (χ4v) is 1.90. The fraction of sp³-hybridized carbons (Fsp3) is 0.583. The van der Waals surface area contributed by atoms with Crippen LogP contribution in [0.15, 0.2) is 18.5 Å². The zero-order valence-electron chi connectivity index (χ0n) is 9.53. The summed E-state index contributed by atoms with van der Waals surface area (Å²) in [4.78, 5) is 6.53. The molecule has 1 heterocycles. The van der Waals surface area contributed by atoms with Crippen LogP contribution >= 0.6 is 0 Å². The van der Waals surface area contributed by atoms with Gasteiger partial charge in [-0.15, -0.1) is 0 Å². The first-order chi connectivity index (χ1) is 7.31. The molecule has 1 aromatic heterocycles. The molecule has 1 N–H and O–H groups in total. The Labute approximate surface area is 91.5 Å². The normalized spacial score (nSPS) is 15.3. The summed E-state index contributed by atoms with van der Waals surface area (Å²) in [6.45, 7) is 2.07. The molecule has 0 saturated heterocycles. The van der Waals surface area contributed by atoms with Gasteiger partial charge in [-0.25, -0.2) is 0 Å². The molecule has 1 aliphatic rings. The summed E-state index contributed by atoms with van der Waals surface area (Å²) in [5.41, 5.74) is 2.59. The molecule has 1 saturated carbocycles. The number of hydrogen-bond acceptors (Lipinski definition) is 3. The minimum Gasteiger partial charge on any atom is -0.374 e. The van der Waals surface area contributed by atoms with Gasteiger partial charge in [-0.2, -0.15) is 0 Å². The van der Waals surface area contributed by atoms with Gasteiger partial charge >= 0.3 is 0 Å². The van der Waals surface area contributed by atoms with Crippen molar-refractivity contribution in [3.8, 4) is 0 Å². The number of hydrogen-bond donors (Lipinski definition) is 1. The van der Waals surface area contributed by atoms with E-state index in [1.165, 1.54) is 30.6 Å². The van der Waals surface area contributed by atoms with Gasteiger partial charge in [0.05, 0.1) is 0 Å². The number of rotatable bonds is 5. The van der Waals surface area contributed by atoms with Gasteiger partial charge in [0, 0.05) is 43.8 Å². The van der Waals surface area contributed by atoms with E-state index in [1.54, 1.807) is 0 Å². The highest BCUT2D eigenvalue weighted by Crippen LogP contribution is 2.31. The standard InChI is InChI=1S/C12H19N3/c1-13-7-11-8-14-6-5-12(11)15(2)9-10-3-4-10/h5-6,8,10,13H,3-4,7,9H2,1-2H3. The van der Waals surface area contributed by atoms with E-state index in [0.717, 1.165) is 12.5 Å². The van der Waals surface area contributed by atoms with Gasteiger partial charge in [0.1, 0.15) is 0 Å². The number of anilines is 1. The Morgan fingerprint density at radius 2 is 2.33 bits per heavy atom. The van der Waals surface area contributed by atoms with E-state index < -0.39 is 0 Å². The van der Waals surface area contributed by atoms with Crippen molar-refractivity contribution in [1.82, 2.24) is 10.3 Å². The first-order valence-electron chi connectivity index (χ1n) is 5.60. The molecule has 15 heavy (non-hydrogen) atoms. The van der Waals surface area contributed by atoms with Crippen molar-refractivity contribution in [2.45, 2.75) is 19.4 Å². The van der Waals surface area contributed by atoms with E-state index in [4.69, 9.17) is 0 Å². The molecule has 0 bridgehead atoms. The molecule has 0 atom stereocenters. The Balaban J connectivity index is 2.09. The molecule has 2 rings (SSSR count). The van der Waals surface area contributed by atoms with Gasteiger partial charge < -0.3 is 10.2 Å². The lowest BCUT2D eigenvalue weighted by molar-refractivity contribution is 0.765. The van der Waals surface area contributed by atoms with Crippen LogP contribution in [0.1, 0.15) is 18.4 Å². The van der Waals surface area contributed by atoms with Crippen molar-refractivity contribution in [2.24, 2.45) is 5.92 Å². The molecule has 82 valence electrons. The molecule has 1 aromatic rings. The van der Waals surface area contributed by atoms with Crippen LogP contribution in [0.25, 0.3) is 0 Å². The molecule has 1 fully saturated rings. The van der Waals surface area contributed by atoms with E-state index in [1.807, 2.05) is 19.4 Å². The molecule has 0 aliphatic heterocycles.